The van der Waals surface area contributed by atoms with Crippen molar-refractivity contribution in [2.75, 3.05) is 35.3 Å². The maximum Gasteiger partial charge on any atom is 0.250 e. The third kappa shape index (κ3) is 5.82. The zero-order valence-electron chi connectivity index (χ0n) is 13.0. The number of anilines is 4. The second-order valence-corrected chi connectivity index (χ2v) is 5.93. The van der Waals surface area contributed by atoms with Crippen molar-refractivity contribution in [3.63, 3.8) is 0 Å². The van der Waals surface area contributed by atoms with Gasteiger partial charge in [0.1, 0.15) is 13.2 Å². The third-order valence-corrected chi connectivity index (χ3v) is 3.52. The summed E-state index contributed by atoms with van der Waals surface area (Å²) in [5.74, 6) is -0.937. The van der Waals surface area contributed by atoms with Crippen LogP contribution in [-0.2, 0) is 14.3 Å². The van der Waals surface area contributed by atoms with Gasteiger partial charge in [0.15, 0.2) is 0 Å². The fourth-order valence-electron chi connectivity index (χ4n) is 1.88. The van der Waals surface area contributed by atoms with Gasteiger partial charge in [-0.05, 0) is 36.4 Å². The fourth-order valence-corrected chi connectivity index (χ4v) is 2.23. The first-order chi connectivity index (χ1) is 11.8. The number of hydrogen-bond donors (Lipinski definition) is 4. The summed E-state index contributed by atoms with van der Waals surface area (Å²) >= 11 is 11.7. The van der Waals surface area contributed by atoms with E-state index in [2.05, 4.69) is 10.6 Å². The van der Waals surface area contributed by atoms with Crippen molar-refractivity contribution in [2.24, 2.45) is 0 Å². The molecule has 0 atom stereocenters. The predicted molar refractivity (Wildman–Crippen MR) is 99.8 cm³/mol. The zero-order valence-corrected chi connectivity index (χ0v) is 14.5. The largest absolute Gasteiger partial charge is 0.397 e. The molecule has 6 N–H and O–H groups in total. The highest BCUT2D eigenvalue weighted by molar-refractivity contribution is 6.31. The molecule has 0 aliphatic rings. The van der Waals surface area contributed by atoms with Crippen LogP contribution >= 0.6 is 23.2 Å². The van der Waals surface area contributed by atoms with Gasteiger partial charge in [-0.3, -0.25) is 9.59 Å². The van der Waals surface area contributed by atoms with E-state index in [-0.39, 0.29) is 13.2 Å². The number of carbonyl (C=O) groups excluding carboxylic acids is 2. The Labute approximate surface area is 154 Å². The molecule has 25 heavy (non-hydrogen) atoms. The van der Waals surface area contributed by atoms with Gasteiger partial charge in [-0.2, -0.15) is 0 Å². The van der Waals surface area contributed by atoms with Crippen LogP contribution in [0.2, 0.25) is 10.0 Å². The van der Waals surface area contributed by atoms with Gasteiger partial charge in [0, 0.05) is 10.0 Å². The van der Waals surface area contributed by atoms with E-state index in [4.69, 9.17) is 39.4 Å². The molecule has 0 aliphatic heterocycles. The van der Waals surface area contributed by atoms with Crippen molar-refractivity contribution < 1.29 is 14.3 Å². The van der Waals surface area contributed by atoms with E-state index in [1.807, 2.05) is 0 Å². The molecule has 0 saturated carbocycles. The Kier molecular flexibility index (Phi) is 6.46. The molecular formula is C16H16Cl2N4O3. The SMILES string of the molecule is Nc1ccc(Cl)cc1NC(=O)COCC(=O)Nc1cc(Cl)ccc1N. The number of nitrogen functional groups attached to an aromatic ring is 2. The number of benzene rings is 2. The standard InChI is InChI=1S/C16H16Cl2N4O3/c17-9-1-3-11(19)13(5-9)21-15(23)7-25-8-16(24)22-14-6-10(18)2-4-12(14)20/h1-6H,7-8,19-20H2,(H,21,23)(H,22,24). The second-order valence-electron chi connectivity index (χ2n) is 5.05. The van der Waals surface area contributed by atoms with Gasteiger partial charge in [0.25, 0.3) is 0 Å². The molecule has 0 heterocycles. The minimum atomic E-state index is -0.468. The van der Waals surface area contributed by atoms with Crippen LogP contribution in [-0.4, -0.2) is 25.0 Å². The number of ether oxygens (including phenoxy) is 1. The number of nitrogens with one attached hydrogen (secondary N) is 2. The molecule has 2 aromatic rings. The molecule has 2 rings (SSSR count). The molecule has 2 aromatic carbocycles. The number of halogens is 2. The number of carbonyl (C=O) groups is 2. The quantitative estimate of drug-likeness (QED) is 0.572. The summed E-state index contributed by atoms with van der Waals surface area (Å²) in [4.78, 5) is 23.6. The molecule has 0 unspecified atom stereocenters. The van der Waals surface area contributed by atoms with Gasteiger partial charge in [0.2, 0.25) is 11.8 Å². The lowest BCUT2D eigenvalue weighted by molar-refractivity contribution is -0.125. The normalized spacial score (nSPS) is 10.3. The van der Waals surface area contributed by atoms with E-state index in [9.17, 15) is 9.59 Å². The van der Waals surface area contributed by atoms with E-state index in [0.29, 0.717) is 32.8 Å². The first kappa shape index (κ1) is 18.9. The van der Waals surface area contributed by atoms with Crippen molar-refractivity contribution in [1.29, 1.82) is 0 Å². The Morgan fingerprint density at radius 3 is 1.64 bits per heavy atom. The maximum atomic E-state index is 11.8. The van der Waals surface area contributed by atoms with Gasteiger partial charge < -0.3 is 26.8 Å². The van der Waals surface area contributed by atoms with E-state index in [0.717, 1.165) is 0 Å². The summed E-state index contributed by atoms with van der Waals surface area (Å²) in [7, 11) is 0. The zero-order chi connectivity index (χ0) is 18.4. The minimum Gasteiger partial charge on any atom is -0.397 e. The van der Waals surface area contributed by atoms with Crippen LogP contribution in [0.15, 0.2) is 36.4 Å². The molecule has 7 nitrogen and oxygen atoms in total. The van der Waals surface area contributed by atoms with Gasteiger partial charge >= 0.3 is 0 Å². The summed E-state index contributed by atoms with van der Waals surface area (Å²) in [6.07, 6.45) is 0. The highest BCUT2D eigenvalue weighted by atomic mass is 35.5. The number of rotatable bonds is 6. The summed E-state index contributed by atoms with van der Waals surface area (Å²) in [6, 6.07) is 9.39. The average molecular weight is 383 g/mol. The molecule has 132 valence electrons. The molecule has 0 aromatic heterocycles. The Morgan fingerprint density at radius 2 is 1.24 bits per heavy atom. The molecule has 0 spiro atoms. The smallest absolute Gasteiger partial charge is 0.250 e. The highest BCUT2D eigenvalue weighted by Gasteiger charge is 2.09. The van der Waals surface area contributed by atoms with Crippen LogP contribution in [0, 0.1) is 0 Å². The second kappa shape index (κ2) is 8.57. The Balaban J connectivity index is 1.79. The van der Waals surface area contributed by atoms with E-state index >= 15 is 0 Å². The Hall–Kier alpha value is -2.48. The molecule has 0 fully saturated rings. The molecule has 0 saturated heterocycles. The maximum absolute atomic E-state index is 11.8. The van der Waals surface area contributed by atoms with Crippen molar-refractivity contribution >= 4 is 57.8 Å². The first-order valence-electron chi connectivity index (χ1n) is 7.12. The topological polar surface area (TPSA) is 119 Å². The Bertz CT molecular complexity index is 733. The monoisotopic (exact) mass is 382 g/mol. The summed E-state index contributed by atoms with van der Waals surface area (Å²) in [6.45, 7) is -0.658. The van der Waals surface area contributed by atoms with Crippen LogP contribution < -0.4 is 22.1 Å². The first-order valence-corrected chi connectivity index (χ1v) is 7.88. The Morgan fingerprint density at radius 1 is 0.840 bits per heavy atom. The van der Waals surface area contributed by atoms with Gasteiger partial charge in [-0.15, -0.1) is 0 Å². The lowest BCUT2D eigenvalue weighted by atomic mass is 10.2. The van der Waals surface area contributed by atoms with E-state index in [1.165, 1.54) is 12.1 Å². The van der Waals surface area contributed by atoms with Crippen molar-refractivity contribution in [2.45, 2.75) is 0 Å². The molecule has 0 bridgehead atoms. The van der Waals surface area contributed by atoms with Crippen LogP contribution in [0.3, 0.4) is 0 Å². The third-order valence-electron chi connectivity index (χ3n) is 3.05. The molecule has 0 radical (unpaired) electrons. The summed E-state index contributed by atoms with van der Waals surface area (Å²) < 4.78 is 5.07. The average Bonchev–Trinajstić information content (AvgIpc) is 2.54. The van der Waals surface area contributed by atoms with E-state index < -0.39 is 11.8 Å². The van der Waals surface area contributed by atoms with Crippen molar-refractivity contribution in [3.05, 3.63) is 46.4 Å². The van der Waals surface area contributed by atoms with Crippen LogP contribution in [0.25, 0.3) is 0 Å². The number of amides is 2. The van der Waals surface area contributed by atoms with E-state index in [1.54, 1.807) is 24.3 Å². The van der Waals surface area contributed by atoms with Crippen LogP contribution in [0.4, 0.5) is 22.7 Å². The molecular weight excluding hydrogens is 367 g/mol. The minimum absolute atomic E-state index is 0.329. The highest BCUT2D eigenvalue weighted by Crippen LogP contribution is 2.23. The molecule has 9 heteroatoms. The van der Waals surface area contributed by atoms with Gasteiger partial charge in [-0.1, -0.05) is 23.2 Å². The number of nitrogens with two attached hydrogens (primary N) is 2. The number of hydrogen-bond acceptors (Lipinski definition) is 5. The summed E-state index contributed by atoms with van der Waals surface area (Å²) in [5.41, 5.74) is 12.9. The van der Waals surface area contributed by atoms with Crippen molar-refractivity contribution in [3.8, 4) is 0 Å². The molecule has 2 amide bonds. The van der Waals surface area contributed by atoms with Crippen molar-refractivity contribution in [1.82, 2.24) is 0 Å². The predicted octanol–water partition coefficient (Wildman–Crippen LogP) is 2.75. The summed E-state index contributed by atoms with van der Waals surface area (Å²) in [5, 5.41) is 5.97. The van der Waals surface area contributed by atoms with Gasteiger partial charge in [-0.25, -0.2) is 0 Å². The van der Waals surface area contributed by atoms with Crippen LogP contribution in [0.1, 0.15) is 0 Å². The lowest BCUT2D eigenvalue weighted by Crippen LogP contribution is -2.24. The molecule has 0 aliphatic carbocycles. The fraction of sp³-hybridized carbons (Fsp3) is 0.125. The lowest BCUT2D eigenvalue weighted by Gasteiger charge is -2.10. The van der Waals surface area contributed by atoms with Crippen LogP contribution in [0.5, 0.6) is 0 Å². The van der Waals surface area contributed by atoms with Gasteiger partial charge in [0.05, 0.1) is 22.7 Å².